The van der Waals surface area contributed by atoms with Gasteiger partial charge in [-0.15, -0.1) is 0 Å². The molecule has 0 N–H and O–H groups in total. The van der Waals surface area contributed by atoms with Crippen molar-refractivity contribution in [3.8, 4) is 0 Å². The molecule has 0 aromatic carbocycles. The maximum Gasteiger partial charge on any atom is 0.225 e. The average Bonchev–Trinajstić information content (AvgIpc) is 2.99. The number of anilines is 1. The minimum Gasteiger partial charge on any atom is -0.370 e. The molecule has 4 rings (SSSR count). The van der Waals surface area contributed by atoms with Crippen molar-refractivity contribution >= 4 is 11.9 Å². The first-order valence-electron chi connectivity index (χ1n) is 9.11. The van der Waals surface area contributed by atoms with Crippen molar-refractivity contribution in [1.29, 1.82) is 0 Å². The van der Waals surface area contributed by atoms with Gasteiger partial charge in [-0.1, -0.05) is 13.3 Å². The number of ether oxygens (including phenoxy) is 1. The van der Waals surface area contributed by atoms with Crippen LogP contribution in [0.15, 0.2) is 6.20 Å². The van der Waals surface area contributed by atoms with E-state index in [0.29, 0.717) is 25.0 Å². The smallest absolute Gasteiger partial charge is 0.225 e. The third kappa shape index (κ3) is 2.77. The molecular formula is C18H26N4O2. The maximum absolute atomic E-state index is 12.7. The molecule has 1 amide bonds. The number of hydrogen-bond donors (Lipinski definition) is 0. The Kier molecular flexibility index (Phi) is 4.16. The van der Waals surface area contributed by atoms with E-state index in [1.807, 2.05) is 11.1 Å². The van der Waals surface area contributed by atoms with Gasteiger partial charge in [-0.2, -0.15) is 0 Å². The second-order valence-corrected chi connectivity index (χ2v) is 7.44. The second kappa shape index (κ2) is 6.31. The van der Waals surface area contributed by atoms with Gasteiger partial charge in [0.15, 0.2) is 0 Å². The van der Waals surface area contributed by atoms with Crippen molar-refractivity contribution in [2.75, 3.05) is 24.5 Å². The summed E-state index contributed by atoms with van der Waals surface area (Å²) in [5.41, 5.74) is 2.10. The lowest BCUT2D eigenvalue weighted by Crippen LogP contribution is -2.55. The lowest BCUT2D eigenvalue weighted by molar-refractivity contribution is -0.138. The highest BCUT2D eigenvalue weighted by atomic mass is 16.5. The summed E-state index contributed by atoms with van der Waals surface area (Å²) in [6.45, 7) is 7.77. The number of piperazine rings is 1. The molecule has 3 aliphatic rings. The summed E-state index contributed by atoms with van der Waals surface area (Å²) in [7, 11) is 0. The predicted molar refractivity (Wildman–Crippen MR) is 90.4 cm³/mol. The zero-order chi connectivity index (χ0) is 16.7. The molecule has 1 aromatic rings. The Balaban J connectivity index is 1.42. The van der Waals surface area contributed by atoms with Crippen molar-refractivity contribution in [1.82, 2.24) is 14.9 Å². The van der Waals surface area contributed by atoms with Crippen molar-refractivity contribution < 1.29 is 9.53 Å². The van der Waals surface area contributed by atoms with Gasteiger partial charge < -0.3 is 14.5 Å². The fraction of sp³-hybridized carbons (Fsp3) is 0.722. The monoisotopic (exact) mass is 330 g/mol. The van der Waals surface area contributed by atoms with E-state index in [2.05, 4.69) is 28.7 Å². The largest absolute Gasteiger partial charge is 0.370 e. The minimum atomic E-state index is 0.172. The molecule has 6 nitrogen and oxygen atoms in total. The molecule has 2 aliphatic heterocycles. The third-order valence-electron chi connectivity index (χ3n) is 5.88. The van der Waals surface area contributed by atoms with Gasteiger partial charge in [-0.3, -0.25) is 4.79 Å². The number of fused-ring (bicyclic) bond motifs is 1. The molecule has 6 heteroatoms. The van der Waals surface area contributed by atoms with Gasteiger partial charge in [0, 0.05) is 43.4 Å². The number of amides is 1. The second-order valence-electron chi connectivity index (χ2n) is 7.44. The van der Waals surface area contributed by atoms with Crippen LogP contribution in [0, 0.1) is 11.8 Å². The van der Waals surface area contributed by atoms with Crippen molar-refractivity contribution in [3.63, 3.8) is 0 Å². The fourth-order valence-corrected chi connectivity index (χ4v) is 3.96. The topological polar surface area (TPSA) is 58.6 Å². The van der Waals surface area contributed by atoms with Crippen LogP contribution in [0.25, 0.3) is 0 Å². The Hall–Kier alpha value is -1.69. The Bertz CT molecular complexity index is 631. The number of carbonyl (C=O) groups is 1. The van der Waals surface area contributed by atoms with Crippen LogP contribution in [0.3, 0.4) is 0 Å². The van der Waals surface area contributed by atoms with Crippen molar-refractivity contribution in [2.24, 2.45) is 11.8 Å². The van der Waals surface area contributed by atoms with E-state index in [1.54, 1.807) is 0 Å². The summed E-state index contributed by atoms with van der Waals surface area (Å²) in [6.07, 6.45) is 5.60. The van der Waals surface area contributed by atoms with Gasteiger partial charge in [0.25, 0.3) is 0 Å². The predicted octanol–water partition coefficient (Wildman–Crippen LogP) is 1.98. The van der Waals surface area contributed by atoms with E-state index in [4.69, 9.17) is 4.74 Å². The van der Waals surface area contributed by atoms with Crippen LogP contribution in [-0.2, 0) is 22.7 Å². The number of rotatable bonds is 3. The summed E-state index contributed by atoms with van der Waals surface area (Å²) < 4.78 is 5.42. The lowest BCUT2D eigenvalue weighted by Gasteiger charge is -2.42. The summed E-state index contributed by atoms with van der Waals surface area (Å²) >= 11 is 0. The van der Waals surface area contributed by atoms with Crippen molar-refractivity contribution in [2.45, 2.75) is 52.4 Å². The molecular weight excluding hydrogens is 304 g/mol. The van der Waals surface area contributed by atoms with E-state index in [1.165, 1.54) is 19.3 Å². The summed E-state index contributed by atoms with van der Waals surface area (Å²) in [5.74, 6) is 1.87. The molecule has 3 heterocycles. The van der Waals surface area contributed by atoms with Gasteiger partial charge in [0.05, 0.1) is 18.9 Å². The van der Waals surface area contributed by atoms with Gasteiger partial charge in [0.2, 0.25) is 11.9 Å². The number of nitrogens with zero attached hydrogens (tertiary/aromatic N) is 4. The van der Waals surface area contributed by atoms with Crippen LogP contribution in [0.4, 0.5) is 5.95 Å². The Labute approximate surface area is 143 Å². The minimum absolute atomic E-state index is 0.172. The average molecular weight is 330 g/mol. The molecule has 0 bridgehead atoms. The zero-order valence-electron chi connectivity index (χ0n) is 14.6. The molecule has 0 radical (unpaired) electrons. The summed E-state index contributed by atoms with van der Waals surface area (Å²) in [5, 5.41) is 0. The molecule has 2 unspecified atom stereocenters. The first kappa shape index (κ1) is 15.8. The zero-order valence-corrected chi connectivity index (χ0v) is 14.6. The molecule has 1 aliphatic carbocycles. The maximum atomic E-state index is 12.7. The van der Waals surface area contributed by atoms with E-state index in [-0.39, 0.29) is 12.0 Å². The molecule has 1 saturated carbocycles. The van der Waals surface area contributed by atoms with Crippen LogP contribution >= 0.6 is 0 Å². The molecule has 24 heavy (non-hydrogen) atoms. The first-order chi connectivity index (χ1) is 11.6. The van der Waals surface area contributed by atoms with Crippen LogP contribution in [0.5, 0.6) is 0 Å². The Morgan fingerprint density at radius 1 is 1.33 bits per heavy atom. The van der Waals surface area contributed by atoms with E-state index in [0.717, 1.165) is 36.8 Å². The van der Waals surface area contributed by atoms with E-state index >= 15 is 0 Å². The molecule has 0 spiro atoms. The van der Waals surface area contributed by atoms with E-state index in [9.17, 15) is 4.79 Å². The third-order valence-corrected chi connectivity index (χ3v) is 5.88. The van der Waals surface area contributed by atoms with Crippen LogP contribution < -0.4 is 4.90 Å². The molecule has 130 valence electrons. The summed E-state index contributed by atoms with van der Waals surface area (Å²) in [4.78, 5) is 26.2. The standard InChI is InChI=1S/C18H26N4O2/c1-12-9-21(17(23)13(2)14-4-3-5-14)6-7-22(12)18-19-8-15-10-24-11-16(15)20-18/h8,12-14H,3-7,9-11H2,1-2H3. The highest BCUT2D eigenvalue weighted by Crippen LogP contribution is 2.34. The number of aromatic nitrogens is 2. The van der Waals surface area contributed by atoms with E-state index < -0.39 is 0 Å². The van der Waals surface area contributed by atoms with Crippen LogP contribution in [0.2, 0.25) is 0 Å². The highest BCUT2D eigenvalue weighted by Gasteiger charge is 2.35. The van der Waals surface area contributed by atoms with Crippen molar-refractivity contribution in [3.05, 3.63) is 17.5 Å². The lowest BCUT2D eigenvalue weighted by atomic mass is 9.76. The van der Waals surface area contributed by atoms with Crippen LogP contribution in [0.1, 0.15) is 44.4 Å². The number of carbonyl (C=O) groups excluding carboxylic acids is 1. The number of hydrogen-bond acceptors (Lipinski definition) is 5. The van der Waals surface area contributed by atoms with Gasteiger partial charge >= 0.3 is 0 Å². The van der Waals surface area contributed by atoms with Gasteiger partial charge in [-0.25, -0.2) is 9.97 Å². The summed E-state index contributed by atoms with van der Waals surface area (Å²) in [6, 6.07) is 0.233. The highest BCUT2D eigenvalue weighted by molar-refractivity contribution is 5.79. The first-order valence-corrected chi connectivity index (χ1v) is 9.11. The quantitative estimate of drug-likeness (QED) is 0.848. The Morgan fingerprint density at radius 2 is 2.17 bits per heavy atom. The normalized spacial score (nSPS) is 25.3. The molecule has 2 atom stereocenters. The molecule has 1 aromatic heterocycles. The molecule has 2 fully saturated rings. The fourth-order valence-electron chi connectivity index (χ4n) is 3.96. The SMILES string of the molecule is CC(C(=O)N1CCN(c2ncc3c(n2)COC3)C(C)C1)C1CCC1. The van der Waals surface area contributed by atoms with Gasteiger partial charge in [-0.05, 0) is 25.7 Å². The Morgan fingerprint density at radius 3 is 2.88 bits per heavy atom. The van der Waals surface area contributed by atoms with Gasteiger partial charge in [0.1, 0.15) is 0 Å². The van der Waals surface area contributed by atoms with Crippen LogP contribution in [-0.4, -0.2) is 46.5 Å². The molecule has 1 saturated heterocycles.